The number of fused-ring (bicyclic) bond motifs is 1. The van der Waals surface area contributed by atoms with Crippen molar-refractivity contribution in [3.63, 3.8) is 0 Å². The molecule has 0 aromatic carbocycles. The lowest BCUT2D eigenvalue weighted by atomic mass is 10.1. The maximum atomic E-state index is 11.0. The number of rotatable bonds is 3. The van der Waals surface area contributed by atoms with Gasteiger partial charge in [0, 0.05) is 36.9 Å². The van der Waals surface area contributed by atoms with E-state index in [1.54, 1.807) is 12.3 Å². The topological polar surface area (TPSA) is 33.2 Å². The lowest BCUT2D eigenvalue weighted by Gasteiger charge is -2.13. The van der Waals surface area contributed by atoms with Crippen LogP contribution in [0.3, 0.4) is 0 Å². The van der Waals surface area contributed by atoms with Gasteiger partial charge in [-0.25, -0.2) is 4.98 Å². The van der Waals surface area contributed by atoms with Gasteiger partial charge in [-0.05, 0) is 6.07 Å². The van der Waals surface area contributed by atoms with Crippen molar-refractivity contribution in [3.8, 4) is 0 Å². The molecule has 3 nitrogen and oxygen atoms in total. The summed E-state index contributed by atoms with van der Waals surface area (Å²) in [5, 5.41) is 1.01. The Morgan fingerprint density at radius 2 is 2.25 bits per heavy atom. The monoisotopic (exact) mass is 232 g/mol. The molecule has 0 amide bonds. The number of aldehydes is 1. The molecular formula is C12H12N2OS. The first-order valence-corrected chi connectivity index (χ1v) is 5.67. The van der Waals surface area contributed by atoms with Gasteiger partial charge < -0.3 is 4.90 Å². The van der Waals surface area contributed by atoms with E-state index in [0.717, 1.165) is 27.8 Å². The van der Waals surface area contributed by atoms with Crippen molar-refractivity contribution in [1.82, 2.24) is 4.98 Å². The first-order valence-electron chi connectivity index (χ1n) is 4.85. The standard InChI is InChI=1S/C12H12N2OS/c1-4-8-10(7-15)16-12-11(8)9(14(2)3)5-6-13-12/h4-7H,1H2,2-3H3. The van der Waals surface area contributed by atoms with Crippen LogP contribution in [0.2, 0.25) is 0 Å². The Balaban J connectivity index is 2.89. The van der Waals surface area contributed by atoms with Crippen LogP contribution < -0.4 is 4.90 Å². The molecule has 0 atom stereocenters. The third-order valence-electron chi connectivity index (χ3n) is 2.43. The number of carbonyl (C=O) groups excluding carboxylic acids is 1. The Hall–Kier alpha value is -1.68. The maximum Gasteiger partial charge on any atom is 0.160 e. The summed E-state index contributed by atoms with van der Waals surface area (Å²) in [6.45, 7) is 3.76. The van der Waals surface area contributed by atoms with E-state index in [2.05, 4.69) is 11.6 Å². The fraction of sp³-hybridized carbons (Fsp3) is 0.167. The van der Waals surface area contributed by atoms with E-state index < -0.39 is 0 Å². The van der Waals surface area contributed by atoms with Gasteiger partial charge in [-0.15, -0.1) is 11.3 Å². The zero-order chi connectivity index (χ0) is 11.7. The van der Waals surface area contributed by atoms with E-state index in [1.807, 2.05) is 25.1 Å². The van der Waals surface area contributed by atoms with E-state index in [0.29, 0.717) is 4.88 Å². The molecule has 82 valence electrons. The lowest BCUT2D eigenvalue weighted by Crippen LogP contribution is -2.09. The first kappa shape index (κ1) is 10.8. The third kappa shape index (κ3) is 1.51. The van der Waals surface area contributed by atoms with Gasteiger partial charge in [0.25, 0.3) is 0 Å². The van der Waals surface area contributed by atoms with Crippen LogP contribution in [0, 0.1) is 0 Å². The van der Waals surface area contributed by atoms with Gasteiger partial charge >= 0.3 is 0 Å². The quantitative estimate of drug-likeness (QED) is 0.763. The molecule has 2 heterocycles. The number of hydrogen-bond acceptors (Lipinski definition) is 4. The van der Waals surface area contributed by atoms with Gasteiger partial charge in [-0.3, -0.25) is 4.79 Å². The minimum Gasteiger partial charge on any atom is -0.377 e. The molecule has 0 unspecified atom stereocenters. The van der Waals surface area contributed by atoms with Crippen molar-refractivity contribution in [3.05, 3.63) is 29.3 Å². The number of anilines is 1. The fourth-order valence-corrected chi connectivity index (χ4v) is 2.69. The summed E-state index contributed by atoms with van der Waals surface area (Å²) in [6, 6.07) is 1.94. The molecule has 0 radical (unpaired) electrons. The number of thiophene rings is 1. The number of pyridine rings is 1. The number of aromatic nitrogens is 1. The van der Waals surface area contributed by atoms with Crippen molar-refractivity contribution in [2.24, 2.45) is 0 Å². The Labute approximate surface area is 98.0 Å². The van der Waals surface area contributed by atoms with E-state index >= 15 is 0 Å². The average Bonchev–Trinajstić information content (AvgIpc) is 2.65. The molecule has 0 saturated heterocycles. The Morgan fingerprint density at radius 3 is 2.81 bits per heavy atom. The van der Waals surface area contributed by atoms with Crippen LogP contribution in [0.4, 0.5) is 5.69 Å². The first-order chi connectivity index (χ1) is 7.69. The molecule has 4 heteroatoms. The predicted molar refractivity (Wildman–Crippen MR) is 69.4 cm³/mol. The molecule has 2 aromatic heterocycles. The highest BCUT2D eigenvalue weighted by Gasteiger charge is 2.14. The van der Waals surface area contributed by atoms with Crippen LogP contribution in [0.15, 0.2) is 18.8 Å². The fourth-order valence-electron chi connectivity index (χ4n) is 1.71. The van der Waals surface area contributed by atoms with Crippen molar-refractivity contribution in [2.75, 3.05) is 19.0 Å². The molecule has 16 heavy (non-hydrogen) atoms. The normalized spacial score (nSPS) is 10.4. The van der Waals surface area contributed by atoms with E-state index in [4.69, 9.17) is 0 Å². The minimum atomic E-state index is 0.687. The van der Waals surface area contributed by atoms with Crippen LogP contribution in [0.25, 0.3) is 16.3 Å². The smallest absolute Gasteiger partial charge is 0.160 e. The van der Waals surface area contributed by atoms with Crippen molar-refractivity contribution in [1.29, 1.82) is 0 Å². The summed E-state index contributed by atoms with van der Waals surface area (Å²) in [6.07, 6.45) is 4.34. The Bertz CT molecular complexity index is 557. The molecule has 0 aliphatic rings. The van der Waals surface area contributed by atoms with Gasteiger partial charge in [0.2, 0.25) is 0 Å². The van der Waals surface area contributed by atoms with Crippen molar-refractivity contribution < 1.29 is 4.79 Å². The molecule has 0 aliphatic carbocycles. The molecule has 2 aromatic rings. The second-order valence-electron chi connectivity index (χ2n) is 3.61. The molecule has 0 spiro atoms. The average molecular weight is 232 g/mol. The predicted octanol–water partition coefficient (Wildman–Crippen LogP) is 2.82. The Kier molecular flexibility index (Phi) is 2.75. The molecular weight excluding hydrogens is 220 g/mol. The van der Waals surface area contributed by atoms with Crippen molar-refractivity contribution >= 4 is 39.6 Å². The van der Waals surface area contributed by atoms with Crippen LogP contribution in [0.1, 0.15) is 15.2 Å². The number of hydrogen-bond donors (Lipinski definition) is 0. The molecule has 2 rings (SSSR count). The van der Waals surface area contributed by atoms with Gasteiger partial charge in [0.15, 0.2) is 6.29 Å². The van der Waals surface area contributed by atoms with Gasteiger partial charge in [-0.1, -0.05) is 12.7 Å². The maximum absolute atomic E-state index is 11.0. The minimum absolute atomic E-state index is 0.687. The summed E-state index contributed by atoms with van der Waals surface area (Å²) >= 11 is 1.40. The number of carbonyl (C=O) groups is 1. The summed E-state index contributed by atoms with van der Waals surface area (Å²) < 4.78 is 0. The summed E-state index contributed by atoms with van der Waals surface area (Å²) in [7, 11) is 3.94. The van der Waals surface area contributed by atoms with E-state index in [1.165, 1.54) is 11.3 Å². The second kappa shape index (κ2) is 4.06. The highest BCUT2D eigenvalue weighted by Crippen LogP contribution is 2.35. The van der Waals surface area contributed by atoms with Gasteiger partial charge in [-0.2, -0.15) is 0 Å². The van der Waals surface area contributed by atoms with E-state index in [-0.39, 0.29) is 0 Å². The lowest BCUT2D eigenvalue weighted by molar-refractivity contribution is 0.112. The number of nitrogens with zero attached hydrogens (tertiary/aromatic N) is 2. The molecule has 0 bridgehead atoms. The molecule has 0 N–H and O–H groups in total. The Morgan fingerprint density at radius 1 is 1.50 bits per heavy atom. The van der Waals surface area contributed by atoms with Crippen LogP contribution >= 0.6 is 11.3 Å². The molecule has 0 saturated carbocycles. The third-order valence-corrected chi connectivity index (χ3v) is 3.47. The van der Waals surface area contributed by atoms with Crippen LogP contribution in [0.5, 0.6) is 0 Å². The van der Waals surface area contributed by atoms with Crippen molar-refractivity contribution in [2.45, 2.75) is 0 Å². The van der Waals surface area contributed by atoms with E-state index in [9.17, 15) is 4.79 Å². The SMILES string of the molecule is C=Cc1c(C=O)sc2nccc(N(C)C)c12. The zero-order valence-electron chi connectivity index (χ0n) is 9.23. The zero-order valence-corrected chi connectivity index (χ0v) is 10.0. The summed E-state index contributed by atoms with van der Waals surface area (Å²) in [4.78, 5) is 18.8. The second-order valence-corrected chi connectivity index (χ2v) is 4.64. The van der Waals surface area contributed by atoms with Crippen LogP contribution in [-0.2, 0) is 0 Å². The van der Waals surface area contributed by atoms with Gasteiger partial charge in [0.1, 0.15) is 4.83 Å². The highest BCUT2D eigenvalue weighted by atomic mass is 32.1. The summed E-state index contributed by atoms with van der Waals surface area (Å²) in [5.74, 6) is 0. The van der Waals surface area contributed by atoms with Gasteiger partial charge in [0.05, 0.1) is 4.88 Å². The highest BCUT2D eigenvalue weighted by molar-refractivity contribution is 7.20. The summed E-state index contributed by atoms with van der Waals surface area (Å²) in [5.41, 5.74) is 1.94. The molecule has 0 aliphatic heterocycles. The largest absolute Gasteiger partial charge is 0.377 e. The molecule has 0 fully saturated rings. The van der Waals surface area contributed by atoms with Crippen LogP contribution in [-0.4, -0.2) is 25.4 Å².